The summed E-state index contributed by atoms with van der Waals surface area (Å²) < 4.78 is 128. The molecule has 288 valence electrons. The van der Waals surface area contributed by atoms with E-state index in [1.165, 1.54) is 18.9 Å². The summed E-state index contributed by atoms with van der Waals surface area (Å²) >= 11 is 0.529. The molecule has 0 bridgehead atoms. The zero-order chi connectivity index (χ0) is 39.1. The standard InChI is InChI=1S/C36H35F8N7O2S/c1-4-24-25(8-11-51(24)17(2)52)49(3)32-20-12-22(35(39,40)41)27(19-6-7-23(38)30-26(19)21(14-45)31(46)54-30)28(36(42,43)44)29(20)47-33(48-32)53-16-34-9-5-10-50(34)15-18(37)13-34/h6-7,12,18,24-25H,4-5,8-11,13,15-16,46H2,1-3H3. The number of nitrogen functional groups attached to an aromatic ring is 1. The lowest BCUT2D eigenvalue weighted by atomic mass is 9.88. The number of benzene rings is 2. The first-order valence-electron chi connectivity index (χ1n) is 17.4. The summed E-state index contributed by atoms with van der Waals surface area (Å²) in [6.45, 7) is 4.07. The highest BCUT2D eigenvalue weighted by Gasteiger charge is 2.50. The molecule has 3 fully saturated rings. The third-order valence-electron chi connectivity index (χ3n) is 11.1. The average Bonchev–Trinajstić information content (AvgIpc) is 3.85. The Morgan fingerprint density at radius 2 is 1.93 bits per heavy atom. The lowest BCUT2D eigenvalue weighted by molar-refractivity contribution is -0.141. The van der Waals surface area contributed by atoms with Gasteiger partial charge in [-0.2, -0.15) is 41.6 Å². The van der Waals surface area contributed by atoms with Crippen LogP contribution < -0.4 is 15.4 Å². The Morgan fingerprint density at radius 3 is 2.57 bits per heavy atom. The molecule has 1 amide bonds. The molecule has 9 nitrogen and oxygen atoms in total. The van der Waals surface area contributed by atoms with Crippen LogP contribution >= 0.6 is 11.3 Å². The number of alkyl halides is 7. The zero-order valence-electron chi connectivity index (χ0n) is 29.3. The van der Waals surface area contributed by atoms with Crippen molar-refractivity contribution in [2.45, 2.75) is 82.1 Å². The molecular formula is C36H35F8N7O2S. The van der Waals surface area contributed by atoms with Crippen molar-refractivity contribution in [2.75, 3.05) is 43.9 Å². The first kappa shape index (κ1) is 37.8. The highest BCUT2D eigenvalue weighted by molar-refractivity contribution is 7.23. The third kappa shape index (κ3) is 6.12. The van der Waals surface area contributed by atoms with E-state index >= 15 is 30.7 Å². The lowest BCUT2D eigenvalue weighted by Crippen LogP contribution is -2.45. The van der Waals surface area contributed by atoms with Crippen LogP contribution in [0, 0.1) is 17.1 Å². The number of halogens is 8. The van der Waals surface area contributed by atoms with Crippen LogP contribution in [0.15, 0.2) is 18.2 Å². The summed E-state index contributed by atoms with van der Waals surface area (Å²) in [5.74, 6) is -1.53. The number of ether oxygens (including phenoxy) is 1. The molecule has 3 saturated heterocycles. The van der Waals surface area contributed by atoms with Gasteiger partial charge in [-0.15, -0.1) is 11.3 Å². The number of likely N-dealkylation sites (tertiary alicyclic amines) is 1. The summed E-state index contributed by atoms with van der Waals surface area (Å²) in [7, 11) is 1.48. The van der Waals surface area contributed by atoms with Gasteiger partial charge in [0.25, 0.3) is 0 Å². The summed E-state index contributed by atoms with van der Waals surface area (Å²) in [6, 6.07) is 2.15. The molecule has 4 aromatic rings. The number of nitrogens with zero attached hydrogens (tertiary/aromatic N) is 6. The molecule has 54 heavy (non-hydrogen) atoms. The van der Waals surface area contributed by atoms with Crippen molar-refractivity contribution >= 4 is 49.1 Å². The van der Waals surface area contributed by atoms with Crippen molar-refractivity contribution in [3.8, 4) is 23.2 Å². The number of carbonyl (C=O) groups excluding carboxylic acids is 1. The van der Waals surface area contributed by atoms with Crippen molar-refractivity contribution in [1.29, 1.82) is 5.26 Å². The van der Waals surface area contributed by atoms with Gasteiger partial charge in [0, 0.05) is 49.8 Å². The van der Waals surface area contributed by atoms with Crippen molar-refractivity contribution in [3.63, 3.8) is 0 Å². The molecule has 0 saturated carbocycles. The number of thiophene rings is 1. The fraction of sp³-hybridized carbons (Fsp3) is 0.500. The number of amides is 1. The number of anilines is 2. The summed E-state index contributed by atoms with van der Waals surface area (Å²) in [4.78, 5) is 26.1. The molecule has 0 aliphatic carbocycles. The monoisotopic (exact) mass is 781 g/mol. The first-order chi connectivity index (χ1) is 25.4. The topological polar surface area (TPSA) is 112 Å². The summed E-state index contributed by atoms with van der Waals surface area (Å²) in [6.07, 6.45) is -9.90. The van der Waals surface area contributed by atoms with Crippen LogP contribution in [0.3, 0.4) is 0 Å². The van der Waals surface area contributed by atoms with Crippen LogP contribution in [0.1, 0.15) is 62.6 Å². The van der Waals surface area contributed by atoms with Gasteiger partial charge < -0.3 is 20.3 Å². The number of nitriles is 1. The number of fused-ring (bicyclic) bond motifs is 3. The van der Waals surface area contributed by atoms with Gasteiger partial charge in [-0.3, -0.25) is 9.69 Å². The van der Waals surface area contributed by atoms with E-state index in [1.54, 1.807) is 11.0 Å². The molecule has 3 aliphatic heterocycles. The maximum Gasteiger partial charge on any atom is 0.419 e. The number of aromatic nitrogens is 2. The van der Waals surface area contributed by atoms with Gasteiger partial charge in [0.1, 0.15) is 35.5 Å². The van der Waals surface area contributed by atoms with Gasteiger partial charge in [-0.25, -0.2) is 8.78 Å². The van der Waals surface area contributed by atoms with E-state index in [4.69, 9.17) is 10.5 Å². The maximum absolute atomic E-state index is 15.6. The second-order valence-corrected chi connectivity index (χ2v) is 15.2. The maximum atomic E-state index is 15.6. The predicted molar refractivity (Wildman–Crippen MR) is 186 cm³/mol. The number of carbonyl (C=O) groups is 1. The molecular weight excluding hydrogens is 746 g/mol. The fourth-order valence-corrected chi connectivity index (χ4v) is 9.78. The van der Waals surface area contributed by atoms with E-state index in [-0.39, 0.29) is 41.0 Å². The Labute approximate surface area is 308 Å². The van der Waals surface area contributed by atoms with E-state index in [9.17, 15) is 14.4 Å². The SMILES string of the molecule is CCC1C(N(C)c2nc(OCC34CCCN3CC(F)C4)nc3c(C(F)(F)F)c(-c4ccc(F)c5sc(N)c(C#N)c45)c(C(F)(F)F)cc23)CCN1C(C)=O. The van der Waals surface area contributed by atoms with Crippen molar-refractivity contribution in [2.24, 2.45) is 0 Å². The second-order valence-electron chi connectivity index (χ2n) is 14.2. The molecule has 18 heteroatoms. The van der Waals surface area contributed by atoms with Crippen LogP contribution in [0.2, 0.25) is 0 Å². The number of nitrogens with two attached hydrogens (primary N) is 1. The molecule has 4 unspecified atom stereocenters. The Bertz CT molecular complexity index is 2200. The molecule has 7 rings (SSSR count). The largest absolute Gasteiger partial charge is 0.461 e. The van der Waals surface area contributed by atoms with Crippen LogP contribution in [0.5, 0.6) is 6.01 Å². The zero-order valence-corrected chi connectivity index (χ0v) is 30.2. The van der Waals surface area contributed by atoms with Gasteiger partial charge in [-0.1, -0.05) is 13.0 Å². The molecule has 5 heterocycles. The summed E-state index contributed by atoms with van der Waals surface area (Å²) in [5.41, 5.74) is -1.85. The smallest absolute Gasteiger partial charge is 0.419 e. The van der Waals surface area contributed by atoms with E-state index in [2.05, 4.69) is 9.97 Å². The highest BCUT2D eigenvalue weighted by atomic mass is 32.1. The highest BCUT2D eigenvalue weighted by Crippen LogP contribution is 2.52. The lowest BCUT2D eigenvalue weighted by Gasteiger charge is -2.34. The van der Waals surface area contributed by atoms with Gasteiger partial charge in [0.2, 0.25) is 5.91 Å². The Hall–Kier alpha value is -4.50. The minimum Gasteiger partial charge on any atom is -0.461 e. The van der Waals surface area contributed by atoms with Gasteiger partial charge in [0.05, 0.1) is 44.5 Å². The molecule has 0 radical (unpaired) electrons. The van der Waals surface area contributed by atoms with Gasteiger partial charge in [-0.05, 0) is 49.9 Å². The van der Waals surface area contributed by atoms with Crippen LogP contribution in [-0.4, -0.2) is 82.8 Å². The number of hydrogen-bond donors (Lipinski definition) is 1. The third-order valence-corrected chi connectivity index (χ3v) is 12.2. The van der Waals surface area contributed by atoms with Crippen LogP contribution in [0.25, 0.3) is 32.1 Å². The normalized spacial score (nSPS) is 23.4. The van der Waals surface area contributed by atoms with Gasteiger partial charge in [0.15, 0.2) is 0 Å². The minimum atomic E-state index is -5.51. The quantitative estimate of drug-likeness (QED) is 0.188. The first-order valence-corrected chi connectivity index (χ1v) is 18.2. The molecule has 2 aromatic heterocycles. The molecule has 2 aromatic carbocycles. The molecule has 2 N–H and O–H groups in total. The van der Waals surface area contributed by atoms with E-state index in [0.717, 1.165) is 18.6 Å². The van der Waals surface area contributed by atoms with Crippen molar-refractivity contribution < 1.29 is 44.7 Å². The number of hydrogen-bond acceptors (Lipinski definition) is 9. The molecule has 3 aliphatic rings. The van der Waals surface area contributed by atoms with Crippen LogP contribution in [-0.2, 0) is 17.1 Å². The Morgan fingerprint density at radius 1 is 1.19 bits per heavy atom. The van der Waals surface area contributed by atoms with Gasteiger partial charge >= 0.3 is 18.4 Å². The van der Waals surface area contributed by atoms with Crippen LogP contribution in [0.4, 0.5) is 45.9 Å². The minimum absolute atomic E-state index is 0.118. The fourth-order valence-electron chi connectivity index (χ4n) is 8.83. The Balaban J connectivity index is 1.53. The van der Waals surface area contributed by atoms with E-state index < -0.39 is 92.1 Å². The Kier molecular flexibility index (Phi) is 9.35. The predicted octanol–water partition coefficient (Wildman–Crippen LogP) is 7.93. The summed E-state index contributed by atoms with van der Waals surface area (Å²) in [5, 5.41) is 8.49. The van der Waals surface area contributed by atoms with E-state index in [0.29, 0.717) is 49.8 Å². The van der Waals surface area contributed by atoms with E-state index in [1.807, 2.05) is 11.8 Å². The molecule has 4 atom stereocenters. The molecule has 0 spiro atoms. The number of rotatable bonds is 7. The van der Waals surface area contributed by atoms with Crippen molar-refractivity contribution in [3.05, 3.63) is 40.7 Å². The number of likely N-dealkylation sites (N-methyl/N-ethyl adjacent to an activating group) is 1. The van der Waals surface area contributed by atoms with Crippen molar-refractivity contribution in [1.82, 2.24) is 19.8 Å². The second kappa shape index (κ2) is 13.4. The average molecular weight is 782 g/mol.